The van der Waals surface area contributed by atoms with Crippen molar-refractivity contribution in [2.45, 2.75) is 43.9 Å². The number of aromatic nitrogens is 1. The van der Waals surface area contributed by atoms with Gasteiger partial charge < -0.3 is 19.5 Å². The van der Waals surface area contributed by atoms with Crippen molar-refractivity contribution in [3.05, 3.63) is 52.5 Å². The molecule has 1 N–H and O–H groups in total. The van der Waals surface area contributed by atoms with E-state index < -0.39 is 12.1 Å². The largest absolute Gasteiger partial charge is 0.490 e. The second-order valence-electron chi connectivity index (χ2n) is 7.00. The van der Waals surface area contributed by atoms with Crippen LogP contribution in [0.3, 0.4) is 0 Å². The summed E-state index contributed by atoms with van der Waals surface area (Å²) < 4.78 is 43.8. The van der Waals surface area contributed by atoms with Crippen molar-refractivity contribution in [1.82, 2.24) is 9.88 Å². The minimum absolute atomic E-state index is 0.0248. The lowest BCUT2D eigenvalue weighted by molar-refractivity contribution is -0.192. The van der Waals surface area contributed by atoms with Gasteiger partial charge in [0, 0.05) is 24.3 Å². The summed E-state index contributed by atoms with van der Waals surface area (Å²) in [7, 11) is 0. The van der Waals surface area contributed by atoms with Crippen LogP contribution in [0, 0.1) is 0 Å². The van der Waals surface area contributed by atoms with E-state index in [1.165, 1.54) is 0 Å². The topological polar surface area (TPSA) is 89.0 Å². The van der Waals surface area contributed by atoms with Gasteiger partial charge in [-0.05, 0) is 42.0 Å². The predicted octanol–water partition coefficient (Wildman–Crippen LogP) is 3.37. The summed E-state index contributed by atoms with van der Waals surface area (Å²) in [6.07, 6.45) is 0.336. The van der Waals surface area contributed by atoms with Crippen molar-refractivity contribution in [3.63, 3.8) is 0 Å². The van der Waals surface area contributed by atoms with Gasteiger partial charge in [0.1, 0.15) is 6.10 Å². The lowest BCUT2D eigenvalue weighted by Gasteiger charge is -2.39. The summed E-state index contributed by atoms with van der Waals surface area (Å²) in [4.78, 5) is 27.6. The molecule has 3 atom stereocenters. The van der Waals surface area contributed by atoms with Crippen LogP contribution in [-0.2, 0) is 20.9 Å². The molecule has 7 nitrogen and oxygen atoms in total. The fourth-order valence-electron chi connectivity index (χ4n) is 3.58. The predicted molar refractivity (Wildman–Crippen MR) is 105 cm³/mol. The van der Waals surface area contributed by atoms with Crippen molar-refractivity contribution in [3.8, 4) is 0 Å². The number of carboxylic acid groups (broad SMARTS) is 1. The minimum Gasteiger partial charge on any atom is -0.475 e. The smallest absolute Gasteiger partial charge is 0.475 e. The number of amides is 1. The van der Waals surface area contributed by atoms with E-state index >= 15 is 0 Å². The van der Waals surface area contributed by atoms with Crippen LogP contribution in [0.2, 0.25) is 0 Å². The highest BCUT2D eigenvalue weighted by molar-refractivity contribution is 7.08. The monoisotopic (exact) mass is 458 g/mol. The zero-order chi connectivity index (χ0) is 22.4. The third-order valence-electron chi connectivity index (χ3n) is 5.02. The normalized spacial score (nSPS) is 22.9. The number of carbonyl (C=O) groups is 2. The summed E-state index contributed by atoms with van der Waals surface area (Å²) in [5.41, 5.74) is 1.89. The van der Waals surface area contributed by atoms with Crippen LogP contribution in [0.25, 0.3) is 0 Å². The average Bonchev–Trinajstić information content (AvgIpc) is 3.42. The summed E-state index contributed by atoms with van der Waals surface area (Å²) in [6, 6.07) is 5.93. The van der Waals surface area contributed by atoms with Gasteiger partial charge >= 0.3 is 12.1 Å². The van der Waals surface area contributed by atoms with Crippen molar-refractivity contribution in [1.29, 1.82) is 0 Å². The third-order valence-corrected chi connectivity index (χ3v) is 5.70. The molecule has 0 bridgehead atoms. The first kappa shape index (κ1) is 23.2. The number of pyridine rings is 1. The van der Waals surface area contributed by atoms with Gasteiger partial charge in [-0.2, -0.15) is 24.5 Å². The van der Waals surface area contributed by atoms with Crippen molar-refractivity contribution in [2.75, 3.05) is 13.2 Å². The molecule has 168 valence electrons. The third kappa shape index (κ3) is 6.02. The number of hydrogen-bond acceptors (Lipinski definition) is 6. The molecular formula is C20H21F3N2O5S. The number of carboxylic acids is 1. The van der Waals surface area contributed by atoms with Gasteiger partial charge in [0.25, 0.3) is 5.91 Å². The second-order valence-corrected chi connectivity index (χ2v) is 7.78. The maximum Gasteiger partial charge on any atom is 0.490 e. The number of thiophene rings is 1. The summed E-state index contributed by atoms with van der Waals surface area (Å²) in [5, 5.41) is 11.0. The average molecular weight is 458 g/mol. The van der Waals surface area contributed by atoms with E-state index in [0.29, 0.717) is 19.8 Å². The molecule has 1 saturated carbocycles. The maximum atomic E-state index is 12.7. The SMILES string of the molecule is O=C(O)C(F)(F)F.O=C(c1ccsc1)N1CCO[C@H]2[C@@H](OCc3ccncc3)CC[C@@H]21. The van der Waals surface area contributed by atoms with E-state index in [1.54, 1.807) is 23.7 Å². The van der Waals surface area contributed by atoms with E-state index in [9.17, 15) is 18.0 Å². The van der Waals surface area contributed by atoms with Gasteiger partial charge in [0.2, 0.25) is 0 Å². The molecule has 2 aromatic rings. The number of halogens is 3. The molecule has 11 heteroatoms. The highest BCUT2D eigenvalue weighted by Gasteiger charge is 2.45. The van der Waals surface area contributed by atoms with Gasteiger partial charge in [0.05, 0.1) is 30.9 Å². The van der Waals surface area contributed by atoms with Gasteiger partial charge in [-0.25, -0.2) is 4.79 Å². The van der Waals surface area contributed by atoms with Crippen LogP contribution in [0.5, 0.6) is 0 Å². The fourth-order valence-corrected chi connectivity index (χ4v) is 4.21. The number of fused-ring (bicyclic) bond motifs is 1. The van der Waals surface area contributed by atoms with Crippen LogP contribution in [-0.4, -0.2) is 64.4 Å². The highest BCUT2D eigenvalue weighted by Crippen LogP contribution is 2.33. The molecule has 2 aromatic heterocycles. The number of nitrogens with zero attached hydrogens (tertiary/aromatic N) is 2. The Morgan fingerprint density at radius 1 is 1.26 bits per heavy atom. The summed E-state index contributed by atoms with van der Waals surface area (Å²) in [5.74, 6) is -2.64. The van der Waals surface area contributed by atoms with E-state index in [0.717, 1.165) is 24.0 Å². The van der Waals surface area contributed by atoms with Crippen molar-refractivity contribution < 1.29 is 37.3 Å². The maximum absolute atomic E-state index is 12.7. The first-order valence-electron chi connectivity index (χ1n) is 9.52. The lowest BCUT2D eigenvalue weighted by Crippen LogP contribution is -2.53. The molecule has 0 radical (unpaired) electrons. The molecule has 0 spiro atoms. The Hall–Kier alpha value is -2.50. The molecular weight excluding hydrogens is 437 g/mol. The highest BCUT2D eigenvalue weighted by atomic mass is 32.1. The Kier molecular flexibility index (Phi) is 7.63. The molecule has 2 fully saturated rings. The van der Waals surface area contributed by atoms with Gasteiger partial charge in [-0.3, -0.25) is 9.78 Å². The molecule has 1 aliphatic heterocycles. The molecule has 4 rings (SSSR count). The Morgan fingerprint density at radius 2 is 1.97 bits per heavy atom. The number of rotatable bonds is 4. The Morgan fingerprint density at radius 3 is 2.58 bits per heavy atom. The van der Waals surface area contributed by atoms with Gasteiger partial charge in [-0.1, -0.05) is 0 Å². The summed E-state index contributed by atoms with van der Waals surface area (Å²) >= 11 is 1.55. The minimum atomic E-state index is -5.08. The van der Waals surface area contributed by atoms with Gasteiger partial charge in [-0.15, -0.1) is 0 Å². The number of morpholine rings is 1. The first-order chi connectivity index (χ1) is 14.8. The Balaban J connectivity index is 0.000000339. The van der Waals surface area contributed by atoms with Crippen LogP contribution in [0.1, 0.15) is 28.8 Å². The van der Waals surface area contributed by atoms with E-state index in [1.807, 2.05) is 33.9 Å². The van der Waals surface area contributed by atoms with Crippen LogP contribution in [0.4, 0.5) is 13.2 Å². The first-order valence-corrected chi connectivity index (χ1v) is 10.5. The van der Waals surface area contributed by atoms with Crippen LogP contribution in [0.15, 0.2) is 41.4 Å². The standard InChI is InChI=1S/C18H20N2O3S.C2HF3O2/c21-18(14-5-10-24-12-14)20-8-9-22-17-15(20)1-2-16(17)23-11-13-3-6-19-7-4-13;3-2(4,5)1(6)7/h3-7,10,12,15-17H,1-2,8-9,11H2;(H,6,7)/t15-,16-,17+;/m0./s1. The molecule has 0 aromatic carbocycles. The van der Waals surface area contributed by atoms with E-state index in [-0.39, 0.29) is 24.2 Å². The molecule has 3 heterocycles. The van der Waals surface area contributed by atoms with Crippen molar-refractivity contribution >= 4 is 23.2 Å². The molecule has 2 aliphatic rings. The Labute approximate surface area is 180 Å². The summed E-state index contributed by atoms with van der Waals surface area (Å²) in [6.45, 7) is 1.79. The molecule has 1 saturated heterocycles. The second kappa shape index (κ2) is 10.2. The number of hydrogen-bond donors (Lipinski definition) is 1. The van der Waals surface area contributed by atoms with Crippen LogP contribution < -0.4 is 0 Å². The van der Waals surface area contributed by atoms with Crippen LogP contribution >= 0.6 is 11.3 Å². The van der Waals surface area contributed by atoms with E-state index in [4.69, 9.17) is 19.4 Å². The quantitative estimate of drug-likeness (QED) is 0.756. The van der Waals surface area contributed by atoms with Crippen molar-refractivity contribution in [2.24, 2.45) is 0 Å². The number of alkyl halides is 3. The zero-order valence-corrected chi connectivity index (χ0v) is 17.1. The van der Waals surface area contributed by atoms with E-state index in [2.05, 4.69) is 4.98 Å². The molecule has 1 aliphatic carbocycles. The Bertz CT molecular complexity index is 863. The zero-order valence-electron chi connectivity index (χ0n) is 16.3. The fraction of sp³-hybridized carbons (Fsp3) is 0.450. The molecule has 1 amide bonds. The number of aliphatic carboxylic acids is 1. The number of ether oxygens (including phenoxy) is 2. The molecule has 31 heavy (non-hydrogen) atoms. The van der Waals surface area contributed by atoms with Gasteiger partial charge in [0.15, 0.2) is 0 Å². The lowest BCUT2D eigenvalue weighted by atomic mass is 10.1. The number of carbonyl (C=O) groups excluding carboxylic acids is 1. The molecule has 0 unspecified atom stereocenters.